The lowest BCUT2D eigenvalue weighted by Crippen LogP contribution is -2.54. The van der Waals surface area contributed by atoms with E-state index in [-0.39, 0.29) is 48.8 Å². The van der Waals surface area contributed by atoms with E-state index in [0.717, 1.165) is 18.5 Å². The van der Waals surface area contributed by atoms with E-state index in [4.69, 9.17) is 4.74 Å². The maximum atomic E-state index is 13.7. The molecule has 0 bridgehead atoms. The molecule has 0 aromatic heterocycles. The SMILES string of the molecule is CN(C)CCCNC(=O)[C@@H]1CCC(=O)NC2(CC2)C(=O)N(C)[C@@H](Cc2ccccc2)COc2ccccc2C(=O)N1. The number of hydrogen-bond acceptors (Lipinski definition) is 6. The summed E-state index contributed by atoms with van der Waals surface area (Å²) in [5.74, 6) is -0.947. The van der Waals surface area contributed by atoms with E-state index in [2.05, 4.69) is 16.0 Å². The molecular weight excluding hydrogens is 522 g/mol. The van der Waals surface area contributed by atoms with Crippen LogP contribution in [0.15, 0.2) is 54.6 Å². The van der Waals surface area contributed by atoms with Crippen molar-refractivity contribution in [3.05, 3.63) is 65.7 Å². The van der Waals surface area contributed by atoms with Crippen molar-refractivity contribution in [3.8, 4) is 5.75 Å². The molecule has 41 heavy (non-hydrogen) atoms. The Labute approximate surface area is 241 Å². The van der Waals surface area contributed by atoms with Gasteiger partial charge in [0.15, 0.2) is 0 Å². The third-order valence-corrected chi connectivity index (χ3v) is 7.65. The maximum Gasteiger partial charge on any atom is 0.255 e. The molecule has 10 nitrogen and oxygen atoms in total. The quantitative estimate of drug-likeness (QED) is 0.442. The standard InChI is InChI=1S/C31H41N5O5/c1-35(2)19-9-18-32-29(39)25-14-15-27(37)34-31(16-17-31)30(40)36(3)23(20-22-10-5-4-6-11-22)21-41-26-13-8-7-12-24(26)28(38)33-25/h4-8,10-13,23,25H,9,14-21H2,1-3H3,(H,32,39)(H,33,38)(H,34,37)/t23-,25-/m0/s1. The van der Waals surface area contributed by atoms with Gasteiger partial charge in [0.05, 0.1) is 11.6 Å². The van der Waals surface area contributed by atoms with E-state index in [1.165, 1.54) is 0 Å². The lowest BCUT2D eigenvalue weighted by Gasteiger charge is -2.32. The number of rotatable bonds is 7. The monoisotopic (exact) mass is 563 g/mol. The highest BCUT2D eigenvalue weighted by molar-refractivity contribution is 6.00. The van der Waals surface area contributed by atoms with Crippen molar-refractivity contribution in [1.82, 2.24) is 25.8 Å². The molecule has 1 fully saturated rings. The molecule has 2 atom stereocenters. The van der Waals surface area contributed by atoms with Crippen LogP contribution in [0.3, 0.4) is 0 Å². The number of ether oxygens (including phenoxy) is 1. The molecule has 4 rings (SSSR count). The maximum absolute atomic E-state index is 13.7. The van der Waals surface area contributed by atoms with Gasteiger partial charge < -0.3 is 30.5 Å². The minimum atomic E-state index is -0.952. The number of benzene rings is 2. The fourth-order valence-electron chi connectivity index (χ4n) is 5.02. The lowest BCUT2D eigenvalue weighted by molar-refractivity contribution is -0.139. The van der Waals surface area contributed by atoms with Gasteiger partial charge in [-0.05, 0) is 70.4 Å². The van der Waals surface area contributed by atoms with Crippen molar-refractivity contribution in [2.24, 2.45) is 0 Å². The highest BCUT2D eigenvalue weighted by Gasteiger charge is 2.53. The number of nitrogens with one attached hydrogen (secondary N) is 3. The van der Waals surface area contributed by atoms with Gasteiger partial charge in [-0.3, -0.25) is 19.2 Å². The smallest absolute Gasteiger partial charge is 0.255 e. The van der Waals surface area contributed by atoms with Gasteiger partial charge in [-0.15, -0.1) is 0 Å². The van der Waals surface area contributed by atoms with E-state index < -0.39 is 17.5 Å². The molecular formula is C31H41N5O5. The van der Waals surface area contributed by atoms with Crippen molar-refractivity contribution in [2.75, 3.05) is 40.8 Å². The first-order valence-electron chi connectivity index (χ1n) is 14.3. The highest BCUT2D eigenvalue weighted by atomic mass is 16.5. The minimum absolute atomic E-state index is 0.0135. The summed E-state index contributed by atoms with van der Waals surface area (Å²) in [4.78, 5) is 56.9. The van der Waals surface area contributed by atoms with Gasteiger partial charge in [0.2, 0.25) is 17.7 Å². The summed E-state index contributed by atoms with van der Waals surface area (Å²) in [7, 11) is 5.65. The number of hydrogen-bond donors (Lipinski definition) is 3. The minimum Gasteiger partial charge on any atom is -0.491 e. The molecule has 0 saturated heterocycles. The van der Waals surface area contributed by atoms with E-state index in [9.17, 15) is 19.2 Å². The number of carbonyl (C=O) groups is 4. The van der Waals surface area contributed by atoms with Crippen LogP contribution in [-0.2, 0) is 20.8 Å². The molecule has 1 saturated carbocycles. The molecule has 0 radical (unpaired) electrons. The molecule has 3 N–H and O–H groups in total. The molecule has 2 aliphatic rings. The van der Waals surface area contributed by atoms with Crippen LogP contribution in [0.25, 0.3) is 0 Å². The van der Waals surface area contributed by atoms with Crippen LogP contribution < -0.4 is 20.7 Å². The first-order valence-corrected chi connectivity index (χ1v) is 14.3. The average molecular weight is 564 g/mol. The number of amides is 4. The van der Waals surface area contributed by atoms with Gasteiger partial charge in [0.25, 0.3) is 5.91 Å². The third kappa shape index (κ3) is 8.07. The zero-order valence-electron chi connectivity index (χ0n) is 24.2. The number of para-hydroxylation sites is 1. The number of nitrogens with zero attached hydrogens (tertiary/aromatic N) is 2. The molecule has 2 aromatic rings. The Balaban J connectivity index is 1.59. The molecule has 220 valence electrons. The van der Waals surface area contributed by atoms with Crippen LogP contribution in [0, 0.1) is 0 Å². The van der Waals surface area contributed by atoms with Crippen LogP contribution in [0.4, 0.5) is 0 Å². The van der Waals surface area contributed by atoms with Crippen LogP contribution in [0.1, 0.15) is 48.0 Å². The molecule has 1 spiro atoms. The van der Waals surface area contributed by atoms with Gasteiger partial charge >= 0.3 is 0 Å². The van der Waals surface area contributed by atoms with E-state index in [0.29, 0.717) is 31.6 Å². The second-order valence-corrected chi connectivity index (χ2v) is 11.2. The Morgan fingerprint density at radius 2 is 1.78 bits per heavy atom. The van der Waals surface area contributed by atoms with Crippen molar-refractivity contribution < 1.29 is 23.9 Å². The summed E-state index contributed by atoms with van der Waals surface area (Å²) in [6.45, 7) is 1.39. The Bertz CT molecular complexity index is 1230. The second-order valence-electron chi connectivity index (χ2n) is 11.2. The van der Waals surface area contributed by atoms with Crippen molar-refractivity contribution in [1.29, 1.82) is 0 Å². The summed E-state index contributed by atoms with van der Waals surface area (Å²) in [6, 6.07) is 15.4. The largest absolute Gasteiger partial charge is 0.491 e. The molecule has 1 aliphatic heterocycles. The second kappa shape index (κ2) is 13.6. The molecule has 2 aromatic carbocycles. The molecule has 4 amide bonds. The molecule has 10 heteroatoms. The lowest BCUT2D eigenvalue weighted by atomic mass is 10.0. The van der Waals surface area contributed by atoms with E-state index in [1.807, 2.05) is 49.3 Å². The van der Waals surface area contributed by atoms with Gasteiger partial charge in [-0.25, -0.2) is 0 Å². The third-order valence-electron chi connectivity index (χ3n) is 7.65. The van der Waals surface area contributed by atoms with Crippen LogP contribution >= 0.6 is 0 Å². The van der Waals surface area contributed by atoms with Gasteiger partial charge in [-0.1, -0.05) is 42.5 Å². The van der Waals surface area contributed by atoms with Crippen LogP contribution in [0.2, 0.25) is 0 Å². The molecule has 1 heterocycles. The van der Waals surface area contributed by atoms with Gasteiger partial charge in [-0.2, -0.15) is 0 Å². The Morgan fingerprint density at radius 3 is 2.49 bits per heavy atom. The number of likely N-dealkylation sites (N-methyl/N-ethyl adjacent to an activating group) is 1. The van der Waals surface area contributed by atoms with Crippen LogP contribution in [-0.4, -0.2) is 91.9 Å². The first kappa shape index (κ1) is 30.0. The summed E-state index contributed by atoms with van der Waals surface area (Å²) in [5, 5.41) is 8.63. The van der Waals surface area contributed by atoms with Gasteiger partial charge in [0, 0.05) is 20.0 Å². The molecule has 0 unspecified atom stereocenters. The molecule has 1 aliphatic carbocycles. The summed E-state index contributed by atoms with van der Waals surface area (Å²) < 4.78 is 6.20. The van der Waals surface area contributed by atoms with E-state index >= 15 is 0 Å². The summed E-state index contributed by atoms with van der Waals surface area (Å²) in [5.41, 5.74) is 0.368. The Morgan fingerprint density at radius 1 is 1.07 bits per heavy atom. The average Bonchev–Trinajstić information content (AvgIpc) is 3.75. The number of fused-ring (bicyclic) bond motifs is 1. The zero-order chi connectivity index (χ0) is 29.4. The van der Waals surface area contributed by atoms with Crippen LogP contribution in [0.5, 0.6) is 5.75 Å². The fourth-order valence-corrected chi connectivity index (χ4v) is 5.02. The van der Waals surface area contributed by atoms with Gasteiger partial charge in [0.1, 0.15) is 23.9 Å². The number of carbonyl (C=O) groups excluding carboxylic acids is 4. The normalized spacial score (nSPS) is 21.2. The summed E-state index contributed by atoms with van der Waals surface area (Å²) in [6.07, 6.45) is 2.47. The Hall–Kier alpha value is -3.92. The fraction of sp³-hybridized carbons (Fsp3) is 0.484. The first-order chi connectivity index (χ1) is 19.7. The predicted molar refractivity (Wildman–Crippen MR) is 155 cm³/mol. The topological polar surface area (TPSA) is 120 Å². The predicted octanol–water partition coefficient (Wildman–Crippen LogP) is 1.74. The van der Waals surface area contributed by atoms with E-state index in [1.54, 1.807) is 36.2 Å². The zero-order valence-corrected chi connectivity index (χ0v) is 24.2. The van der Waals surface area contributed by atoms with Crippen molar-refractivity contribution >= 4 is 23.6 Å². The van der Waals surface area contributed by atoms with Crippen molar-refractivity contribution in [2.45, 2.75) is 56.1 Å². The summed E-state index contributed by atoms with van der Waals surface area (Å²) >= 11 is 0. The van der Waals surface area contributed by atoms with Crippen molar-refractivity contribution in [3.63, 3.8) is 0 Å². The Kier molecular flexibility index (Phi) is 9.99. The highest BCUT2D eigenvalue weighted by Crippen LogP contribution is 2.38.